The SMILES string of the molecule is CC(C)N=C(NC(C)C)ON=C(C(C)C)C(C)C. The zero-order valence-electron chi connectivity index (χ0n) is 13.1. The largest absolute Gasteiger partial charge is 0.336 e. The van der Waals surface area contributed by atoms with E-state index in [2.05, 4.69) is 57.0 Å². The molecule has 0 saturated heterocycles. The van der Waals surface area contributed by atoms with E-state index in [-0.39, 0.29) is 12.1 Å². The molecular weight excluding hydrogens is 226 g/mol. The predicted octanol–water partition coefficient (Wildman–Crippen LogP) is 3.43. The van der Waals surface area contributed by atoms with Crippen molar-refractivity contribution in [1.82, 2.24) is 5.32 Å². The molecule has 0 aliphatic rings. The third kappa shape index (κ3) is 7.30. The van der Waals surface area contributed by atoms with E-state index in [0.717, 1.165) is 5.71 Å². The molecule has 18 heavy (non-hydrogen) atoms. The van der Waals surface area contributed by atoms with Gasteiger partial charge in [0.25, 0.3) is 0 Å². The zero-order chi connectivity index (χ0) is 14.3. The third-order valence-electron chi connectivity index (χ3n) is 2.21. The molecule has 0 fully saturated rings. The molecule has 4 nitrogen and oxygen atoms in total. The monoisotopic (exact) mass is 255 g/mol. The first-order valence-corrected chi connectivity index (χ1v) is 6.83. The van der Waals surface area contributed by atoms with Gasteiger partial charge in [0.2, 0.25) is 0 Å². The third-order valence-corrected chi connectivity index (χ3v) is 2.21. The van der Waals surface area contributed by atoms with Gasteiger partial charge < -0.3 is 10.2 Å². The Balaban J connectivity index is 4.82. The zero-order valence-corrected chi connectivity index (χ0v) is 13.1. The minimum atomic E-state index is 0.183. The van der Waals surface area contributed by atoms with Gasteiger partial charge in [0, 0.05) is 12.1 Å². The van der Waals surface area contributed by atoms with E-state index in [9.17, 15) is 0 Å². The number of hydrogen-bond acceptors (Lipinski definition) is 3. The van der Waals surface area contributed by atoms with Crippen molar-refractivity contribution in [2.45, 2.75) is 67.5 Å². The van der Waals surface area contributed by atoms with Crippen LogP contribution >= 0.6 is 0 Å². The number of oxime groups is 1. The van der Waals surface area contributed by atoms with Crippen LogP contribution in [0.15, 0.2) is 10.1 Å². The molecule has 0 spiro atoms. The van der Waals surface area contributed by atoms with E-state index in [1.165, 1.54) is 0 Å². The standard InChI is InChI=1S/C14H29N3O/c1-9(2)13(10(3)4)17-18-14(15-11(5)6)16-12(7)8/h9-12H,1-8H3,(H,15,16). The van der Waals surface area contributed by atoms with Gasteiger partial charge >= 0.3 is 6.02 Å². The maximum Gasteiger partial charge on any atom is 0.315 e. The van der Waals surface area contributed by atoms with Crippen LogP contribution in [-0.2, 0) is 4.84 Å². The van der Waals surface area contributed by atoms with Crippen molar-refractivity contribution in [2.24, 2.45) is 22.0 Å². The number of aliphatic imine (C=N–C) groups is 1. The molecule has 106 valence electrons. The topological polar surface area (TPSA) is 46.0 Å². The lowest BCUT2D eigenvalue weighted by Crippen LogP contribution is -2.32. The average molecular weight is 255 g/mol. The number of amidine groups is 1. The van der Waals surface area contributed by atoms with Crippen molar-refractivity contribution in [3.63, 3.8) is 0 Å². The van der Waals surface area contributed by atoms with E-state index in [0.29, 0.717) is 17.9 Å². The number of rotatable bonds is 5. The second-order valence-electron chi connectivity index (χ2n) is 5.74. The van der Waals surface area contributed by atoms with Gasteiger partial charge in [-0.25, -0.2) is 4.99 Å². The molecule has 0 unspecified atom stereocenters. The van der Waals surface area contributed by atoms with E-state index < -0.39 is 0 Å². The van der Waals surface area contributed by atoms with Crippen LogP contribution in [-0.4, -0.2) is 23.8 Å². The minimum absolute atomic E-state index is 0.183. The highest BCUT2D eigenvalue weighted by molar-refractivity contribution is 5.88. The maximum absolute atomic E-state index is 5.48. The van der Waals surface area contributed by atoms with Crippen LogP contribution in [0, 0.1) is 11.8 Å². The second-order valence-corrected chi connectivity index (χ2v) is 5.74. The van der Waals surface area contributed by atoms with Gasteiger partial charge in [0.1, 0.15) is 0 Å². The van der Waals surface area contributed by atoms with E-state index >= 15 is 0 Å². The molecule has 0 aromatic rings. The summed E-state index contributed by atoms with van der Waals surface area (Å²) in [4.78, 5) is 9.86. The highest BCUT2D eigenvalue weighted by atomic mass is 16.6. The fraction of sp³-hybridized carbons (Fsp3) is 0.857. The molecule has 0 heterocycles. The second kappa shape index (κ2) is 8.11. The first-order valence-electron chi connectivity index (χ1n) is 6.83. The molecule has 0 atom stereocenters. The van der Waals surface area contributed by atoms with Crippen molar-refractivity contribution >= 4 is 11.7 Å². The van der Waals surface area contributed by atoms with Crippen LogP contribution in [0.3, 0.4) is 0 Å². The molecule has 0 aliphatic carbocycles. The van der Waals surface area contributed by atoms with E-state index in [1.807, 2.05) is 13.8 Å². The summed E-state index contributed by atoms with van der Waals surface area (Å²) in [5.41, 5.74) is 1.05. The first-order chi connectivity index (χ1) is 8.23. The molecule has 0 amide bonds. The quantitative estimate of drug-likeness (QED) is 0.465. The van der Waals surface area contributed by atoms with Crippen LogP contribution in [0.4, 0.5) is 0 Å². The first kappa shape index (κ1) is 16.9. The van der Waals surface area contributed by atoms with Gasteiger partial charge in [0.15, 0.2) is 0 Å². The predicted molar refractivity (Wildman–Crippen MR) is 79.0 cm³/mol. The van der Waals surface area contributed by atoms with Crippen molar-refractivity contribution in [3.05, 3.63) is 0 Å². The van der Waals surface area contributed by atoms with Crippen molar-refractivity contribution in [3.8, 4) is 0 Å². The van der Waals surface area contributed by atoms with E-state index in [4.69, 9.17) is 4.84 Å². The van der Waals surface area contributed by atoms with Gasteiger partial charge in [-0.3, -0.25) is 0 Å². The lowest BCUT2D eigenvalue weighted by Gasteiger charge is -2.15. The smallest absolute Gasteiger partial charge is 0.315 e. The summed E-state index contributed by atoms with van der Waals surface area (Å²) in [5, 5.41) is 7.42. The summed E-state index contributed by atoms with van der Waals surface area (Å²) in [6.07, 6.45) is 0. The lowest BCUT2D eigenvalue weighted by molar-refractivity contribution is 0.297. The Hall–Kier alpha value is -1.06. The number of nitrogens with one attached hydrogen (secondary N) is 1. The lowest BCUT2D eigenvalue weighted by atomic mass is 9.98. The summed E-state index contributed by atoms with van der Waals surface area (Å²) in [5.74, 6) is 0.758. The van der Waals surface area contributed by atoms with Crippen LogP contribution in [0.5, 0.6) is 0 Å². The Morgan fingerprint density at radius 1 is 0.889 bits per heavy atom. The summed E-state index contributed by atoms with van der Waals surface area (Å²) in [6, 6.07) is 0.959. The minimum Gasteiger partial charge on any atom is -0.336 e. The Bertz CT molecular complexity index is 281. The molecule has 4 heteroatoms. The summed E-state index contributed by atoms with van der Waals surface area (Å²) in [6.45, 7) is 16.6. The maximum atomic E-state index is 5.48. The van der Waals surface area contributed by atoms with Crippen molar-refractivity contribution in [1.29, 1.82) is 0 Å². The summed E-state index contributed by atoms with van der Waals surface area (Å²) >= 11 is 0. The Morgan fingerprint density at radius 2 is 1.39 bits per heavy atom. The van der Waals surface area contributed by atoms with Crippen molar-refractivity contribution < 1.29 is 4.84 Å². The molecule has 0 aromatic carbocycles. The highest BCUT2D eigenvalue weighted by Gasteiger charge is 2.12. The van der Waals surface area contributed by atoms with Crippen LogP contribution in [0.1, 0.15) is 55.4 Å². The molecular formula is C14H29N3O. The molecule has 0 aromatic heterocycles. The fourth-order valence-corrected chi connectivity index (χ4v) is 1.54. The van der Waals surface area contributed by atoms with Gasteiger partial charge in [-0.1, -0.05) is 32.9 Å². The van der Waals surface area contributed by atoms with Crippen LogP contribution in [0.2, 0.25) is 0 Å². The summed E-state index contributed by atoms with van der Waals surface area (Å²) in [7, 11) is 0. The Morgan fingerprint density at radius 3 is 1.72 bits per heavy atom. The molecule has 0 bridgehead atoms. The highest BCUT2D eigenvalue weighted by Crippen LogP contribution is 2.08. The molecule has 0 saturated carbocycles. The Labute approximate surface area is 112 Å². The number of nitrogens with zero attached hydrogens (tertiary/aromatic N) is 2. The fourth-order valence-electron chi connectivity index (χ4n) is 1.54. The van der Waals surface area contributed by atoms with Crippen molar-refractivity contribution in [2.75, 3.05) is 0 Å². The van der Waals surface area contributed by atoms with Gasteiger partial charge in [0.05, 0.1) is 5.71 Å². The van der Waals surface area contributed by atoms with Gasteiger partial charge in [-0.15, -0.1) is 0 Å². The van der Waals surface area contributed by atoms with E-state index in [1.54, 1.807) is 0 Å². The van der Waals surface area contributed by atoms with Crippen LogP contribution < -0.4 is 5.32 Å². The molecule has 0 rings (SSSR count). The van der Waals surface area contributed by atoms with Gasteiger partial charge in [-0.05, 0) is 39.5 Å². The Kier molecular flexibility index (Phi) is 7.64. The van der Waals surface area contributed by atoms with Gasteiger partial charge in [-0.2, -0.15) is 0 Å². The molecule has 1 N–H and O–H groups in total. The van der Waals surface area contributed by atoms with Crippen LogP contribution in [0.25, 0.3) is 0 Å². The average Bonchev–Trinajstić information content (AvgIpc) is 2.13. The normalized spacial score (nSPS) is 12.6. The number of hydrogen-bond donors (Lipinski definition) is 1. The molecule has 0 aliphatic heterocycles. The molecule has 0 radical (unpaired) electrons. The summed E-state index contributed by atoms with van der Waals surface area (Å²) < 4.78 is 0.